The van der Waals surface area contributed by atoms with Gasteiger partial charge in [0.2, 0.25) is 10.0 Å². The Morgan fingerprint density at radius 1 is 1.36 bits per heavy atom. The van der Waals surface area contributed by atoms with Crippen molar-refractivity contribution in [3.05, 3.63) is 35.0 Å². The molecule has 1 aromatic carbocycles. The standard InChI is InChI=1S/C15H20N2O3S.BrH/c1-21(19,20)17-15-12-5-2-4-11(13-6-3-9-16-13)10(12)7-8-14(15)18;/h6-8,11,16-18H,2-5,9H2,1H3;1H. The average Bonchev–Trinajstić information content (AvgIpc) is 2.94. The number of phenolic OH excluding ortho intramolecular Hbond substituents is 1. The van der Waals surface area contributed by atoms with Crippen LogP contribution < -0.4 is 10.0 Å². The second kappa shape index (κ2) is 6.50. The number of fused-ring (bicyclic) bond motifs is 1. The van der Waals surface area contributed by atoms with Crippen molar-refractivity contribution >= 4 is 32.7 Å². The van der Waals surface area contributed by atoms with Crippen LogP contribution in [0.1, 0.15) is 36.3 Å². The number of halogens is 1. The van der Waals surface area contributed by atoms with Gasteiger partial charge in [0.1, 0.15) is 5.75 Å². The van der Waals surface area contributed by atoms with Gasteiger partial charge in [-0.25, -0.2) is 8.42 Å². The van der Waals surface area contributed by atoms with Crippen LogP contribution in [0.2, 0.25) is 0 Å². The smallest absolute Gasteiger partial charge is 0.229 e. The minimum absolute atomic E-state index is 0. The minimum Gasteiger partial charge on any atom is -0.506 e. The molecule has 0 bridgehead atoms. The van der Waals surface area contributed by atoms with E-state index in [0.29, 0.717) is 5.69 Å². The predicted octanol–water partition coefficient (Wildman–Crippen LogP) is 2.64. The average molecular weight is 389 g/mol. The summed E-state index contributed by atoms with van der Waals surface area (Å²) in [5.41, 5.74) is 3.61. The largest absolute Gasteiger partial charge is 0.506 e. The molecule has 1 aliphatic carbocycles. The Bertz CT molecular complexity index is 701. The molecule has 5 nitrogen and oxygen atoms in total. The summed E-state index contributed by atoms with van der Waals surface area (Å²) < 4.78 is 25.5. The van der Waals surface area contributed by atoms with Crippen molar-refractivity contribution < 1.29 is 13.5 Å². The monoisotopic (exact) mass is 388 g/mol. The zero-order valence-electron chi connectivity index (χ0n) is 12.4. The molecular formula is C15H21BrN2O3S. The van der Waals surface area contributed by atoms with Crippen LogP contribution in [0, 0.1) is 0 Å². The van der Waals surface area contributed by atoms with Crippen molar-refractivity contribution in [1.29, 1.82) is 0 Å². The minimum atomic E-state index is -3.41. The van der Waals surface area contributed by atoms with Crippen molar-refractivity contribution in [2.45, 2.75) is 31.6 Å². The molecule has 0 saturated carbocycles. The molecule has 1 aliphatic heterocycles. The number of sulfonamides is 1. The highest BCUT2D eigenvalue weighted by Crippen LogP contribution is 2.43. The highest BCUT2D eigenvalue weighted by atomic mass is 79.9. The van der Waals surface area contributed by atoms with Crippen molar-refractivity contribution in [2.24, 2.45) is 0 Å². The third-order valence-corrected chi connectivity index (χ3v) is 4.70. The summed E-state index contributed by atoms with van der Waals surface area (Å²) in [7, 11) is -3.41. The number of hydrogen-bond acceptors (Lipinski definition) is 4. The zero-order valence-corrected chi connectivity index (χ0v) is 15.0. The van der Waals surface area contributed by atoms with Crippen LogP contribution in [0.4, 0.5) is 5.69 Å². The van der Waals surface area contributed by atoms with E-state index < -0.39 is 10.0 Å². The highest BCUT2D eigenvalue weighted by Gasteiger charge is 2.28. The van der Waals surface area contributed by atoms with Crippen LogP contribution in [-0.2, 0) is 16.4 Å². The fourth-order valence-electron chi connectivity index (χ4n) is 3.29. The molecule has 1 aromatic rings. The lowest BCUT2D eigenvalue weighted by atomic mass is 9.80. The van der Waals surface area contributed by atoms with Crippen LogP contribution in [0.15, 0.2) is 23.9 Å². The Morgan fingerprint density at radius 2 is 2.14 bits per heavy atom. The Hall–Kier alpha value is -1.21. The fourth-order valence-corrected chi connectivity index (χ4v) is 3.89. The summed E-state index contributed by atoms with van der Waals surface area (Å²) >= 11 is 0. The van der Waals surface area contributed by atoms with Gasteiger partial charge < -0.3 is 10.4 Å². The van der Waals surface area contributed by atoms with E-state index in [0.717, 1.165) is 49.6 Å². The van der Waals surface area contributed by atoms with Crippen LogP contribution in [0.5, 0.6) is 5.75 Å². The summed E-state index contributed by atoms with van der Waals surface area (Å²) in [6.45, 7) is 0.966. The van der Waals surface area contributed by atoms with Crippen molar-refractivity contribution in [3.8, 4) is 5.75 Å². The van der Waals surface area contributed by atoms with E-state index in [-0.39, 0.29) is 28.6 Å². The van der Waals surface area contributed by atoms with Crippen LogP contribution in [0.3, 0.4) is 0 Å². The number of allylic oxidation sites excluding steroid dienone is 1. The normalized spacial score (nSPS) is 20.4. The van der Waals surface area contributed by atoms with Crippen LogP contribution in [0.25, 0.3) is 0 Å². The van der Waals surface area contributed by atoms with Crippen molar-refractivity contribution in [2.75, 3.05) is 17.5 Å². The first-order valence-corrected chi connectivity index (χ1v) is 9.11. The van der Waals surface area contributed by atoms with Gasteiger partial charge in [0, 0.05) is 18.2 Å². The van der Waals surface area contributed by atoms with E-state index in [9.17, 15) is 13.5 Å². The quantitative estimate of drug-likeness (QED) is 0.695. The first kappa shape index (κ1) is 17.1. The summed E-state index contributed by atoms with van der Waals surface area (Å²) in [6, 6.07) is 3.50. The Kier molecular flexibility index (Phi) is 5.07. The van der Waals surface area contributed by atoms with Gasteiger partial charge in [-0.05, 0) is 42.9 Å². The van der Waals surface area contributed by atoms with E-state index in [4.69, 9.17) is 0 Å². The van der Waals surface area contributed by atoms with Gasteiger partial charge in [0.25, 0.3) is 0 Å². The molecule has 3 N–H and O–H groups in total. The molecule has 0 spiro atoms. The number of benzene rings is 1. The van der Waals surface area contributed by atoms with Gasteiger partial charge in [-0.1, -0.05) is 12.1 Å². The molecule has 1 atom stereocenters. The molecule has 22 heavy (non-hydrogen) atoms. The predicted molar refractivity (Wildman–Crippen MR) is 93.3 cm³/mol. The lowest BCUT2D eigenvalue weighted by Crippen LogP contribution is -2.21. The van der Waals surface area contributed by atoms with Gasteiger partial charge in [-0.15, -0.1) is 17.0 Å². The second-order valence-corrected chi connectivity index (χ2v) is 7.47. The molecule has 1 unspecified atom stereocenters. The maximum atomic E-state index is 11.5. The Morgan fingerprint density at radius 3 is 2.77 bits per heavy atom. The van der Waals surface area contributed by atoms with Crippen molar-refractivity contribution in [1.82, 2.24) is 5.32 Å². The first-order chi connectivity index (χ1) is 9.96. The first-order valence-electron chi connectivity index (χ1n) is 7.22. The summed E-state index contributed by atoms with van der Waals surface area (Å²) in [5, 5.41) is 13.4. The third kappa shape index (κ3) is 3.41. The molecule has 1 heterocycles. The Balaban J connectivity index is 0.00000176. The van der Waals surface area contributed by atoms with E-state index in [1.165, 1.54) is 5.70 Å². The molecule has 0 saturated heterocycles. The number of aromatic hydroxyl groups is 1. The molecule has 7 heteroatoms. The maximum Gasteiger partial charge on any atom is 0.229 e. The molecule has 122 valence electrons. The lowest BCUT2D eigenvalue weighted by Gasteiger charge is -2.29. The van der Waals surface area contributed by atoms with Crippen molar-refractivity contribution in [3.63, 3.8) is 0 Å². The summed E-state index contributed by atoms with van der Waals surface area (Å²) in [4.78, 5) is 0. The summed E-state index contributed by atoms with van der Waals surface area (Å²) in [5.74, 6) is 0.269. The zero-order chi connectivity index (χ0) is 15.0. The highest BCUT2D eigenvalue weighted by molar-refractivity contribution is 8.93. The van der Waals surface area contributed by atoms with E-state index in [1.54, 1.807) is 6.07 Å². The topological polar surface area (TPSA) is 78.4 Å². The molecule has 0 fully saturated rings. The van der Waals surface area contributed by atoms with E-state index >= 15 is 0 Å². The molecule has 3 rings (SSSR count). The molecule has 0 aromatic heterocycles. The number of anilines is 1. The fraction of sp³-hybridized carbons (Fsp3) is 0.467. The van der Waals surface area contributed by atoms with Gasteiger partial charge in [0.15, 0.2) is 0 Å². The van der Waals surface area contributed by atoms with Gasteiger partial charge in [-0.2, -0.15) is 0 Å². The molecular weight excluding hydrogens is 368 g/mol. The maximum absolute atomic E-state index is 11.5. The van der Waals surface area contributed by atoms with Crippen LogP contribution in [-0.4, -0.2) is 26.3 Å². The SMILES string of the molecule is Br.CS(=O)(=O)Nc1c(O)ccc2c1CCCC2C1=CCCN1. The number of nitrogens with one attached hydrogen (secondary N) is 2. The molecule has 0 radical (unpaired) electrons. The Labute approximate surface area is 141 Å². The second-order valence-electron chi connectivity index (χ2n) is 5.72. The van der Waals surface area contributed by atoms with E-state index in [2.05, 4.69) is 16.1 Å². The van der Waals surface area contributed by atoms with Crippen LogP contribution >= 0.6 is 17.0 Å². The van der Waals surface area contributed by atoms with Gasteiger partial charge >= 0.3 is 0 Å². The van der Waals surface area contributed by atoms with Gasteiger partial charge in [-0.3, -0.25) is 4.72 Å². The number of hydrogen-bond donors (Lipinski definition) is 3. The molecule has 0 amide bonds. The molecule has 2 aliphatic rings. The van der Waals surface area contributed by atoms with Gasteiger partial charge in [0.05, 0.1) is 11.9 Å². The third-order valence-electron chi connectivity index (χ3n) is 4.12. The summed E-state index contributed by atoms with van der Waals surface area (Å²) in [6.07, 6.45) is 7.18. The van der Waals surface area contributed by atoms with E-state index in [1.807, 2.05) is 6.07 Å². The lowest BCUT2D eigenvalue weighted by molar-refractivity contribution is 0.474. The number of rotatable bonds is 3. The number of phenols is 1.